The van der Waals surface area contributed by atoms with Crippen LogP contribution in [0, 0.1) is 0 Å². The molecule has 0 saturated carbocycles. The molecule has 2 amide bonds. The Labute approximate surface area is 144 Å². The number of rotatable bonds is 2. The van der Waals surface area contributed by atoms with Crippen LogP contribution < -0.4 is 4.74 Å². The summed E-state index contributed by atoms with van der Waals surface area (Å²) in [6.07, 6.45) is 5.16. The molecule has 0 N–H and O–H groups in total. The molecule has 1 aromatic rings. The van der Waals surface area contributed by atoms with Gasteiger partial charge in [-0.2, -0.15) is 0 Å². The number of piperazine rings is 1. The van der Waals surface area contributed by atoms with Gasteiger partial charge in [-0.15, -0.1) is 0 Å². The molecule has 3 rings (SSSR count). The van der Waals surface area contributed by atoms with Crippen LogP contribution in [0.2, 0.25) is 0 Å². The average Bonchev–Trinajstić information content (AvgIpc) is 2.57. The number of hydrogen-bond acceptors (Lipinski definition) is 5. The van der Waals surface area contributed by atoms with Crippen LogP contribution in [-0.2, 0) is 0 Å². The van der Waals surface area contributed by atoms with Crippen molar-refractivity contribution in [2.45, 2.75) is 18.9 Å². The fraction of sp³-hybridized carbons (Fsp3) is 0.667. The van der Waals surface area contributed by atoms with Crippen molar-refractivity contribution < 1.29 is 9.53 Å². The number of likely N-dealkylation sites (tertiary alicyclic amines) is 1. The molecule has 2 fully saturated rings. The van der Waals surface area contributed by atoms with E-state index in [1.54, 1.807) is 12.4 Å². The topological polar surface area (TPSA) is 61.8 Å². The summed E-state index contributed by atoms with van der Waals surface area (Å²) >= 11 is 3.31. The van der Waals surface area contributed by atoms with Gasteiger partial charge >= 0.3 is 12.0 Å². The summed E-state index contributed by atoms with van der Waals surface area (Å²) < 4.78 is 6.65. The van der Waals surface area contributed by atoms with Crippen LogP contribution in [0.5, 0.6) is 6.01 Å². The van der Waals surface area contributed by atoms with Crippen LogP contribution in [0.3, 0.4) is 0 Å². The second kappa shape index (κ2) is 7.44. The maximum atomic E-state index is 12.6. The van der Waals surface area contributed by atoms with Gasteiger partial charge in [-0.1, -0.05) is 0 Å². The van der Waals surface area contributed by atoms with Gasteiger partial charge in [-0.3, -0.25) is 0 Å². The van der Waals surface area contributed by atoms with E-state index < -0.39 is 0 Å². The number of urea groups is 1. The third-order valence-corrected chi connectivity index (χ3v) is 4.70. The van der Waals surface area contributed by atoms with E-state index in [0.717, 1.165) is 50.0 Å². The molecule has 0 aromatic carbocycles. The van der Waals surface area contributed by atoms with Crippen molar-refractivity contribution in [1.82, 2.24) is 24.7 Å². The Bertz CT molecular complexity index is 533. The predicted octanol–water partition coefficient (Wildman–Crippen LogP) is 1.45. The first-order valence-corrected chi connectivity index (χ1v) is 8.78. The molecule has 0 spiro atoms. The lowest BCUT2D eigenvalue weighted by Gasteiger charge is -2.39. The Hall–Kier alpha value is -1.41. The Balaban J connectivity index is 1.55. The van der Waals surface area contributed by atoms with E-state index in [2.05, 4.69) is 37.8 Å². The van der Waals surface area contributed by atoms with Crippen molar-refractivity contribution in [2.75, 3.05) is 46.3 Å². The number of piperidine rings is 1. The van der Waals surface area contributed by atoms with Crippen molar-refractivity contribution in [3.63, 3.8) is 0 Å². The van der Waals surface area contributed by atoms with E-state index in [0.29, 0.717) is 12.6 Å². The van der Waals surface area contributed by atoms with Crippen LogP contribution in [0.4, 0.5) is 4.79 Å². The van der Waals surface area contributed by atoms with Crippen LogP contribution >= 0.6 is 15.9 Å². The van der Waals surface area contributed by atoms with E-state index in [1.807, 2.05) is 9.80 Å². The number of hydrogen-bond donors (Lipinski definition) is 0. The summed E-state index contributed by atoms with van der Waals surface area (Å²) in [6.45, 7) is 4.87. The first kappa shape index (κ1) is 16.4. The molecule has 2 aliphatic rings. The fourth-order valence-electron chi connectivity index (χ4n) is 2.92. The van der Waals surface area contributed by atoms with E-state index in [1.165, 1.54) is 0 Å². The first-order chi connectivity index (χ1) is 11.1. The summed E-state index contributed by atoms with van der Waals surface area (Å²) in [7, 11) is 2.09. The zero-order valence-electron chi connectivity index (χ0n) is 13.3. The van der Waals surface area contributed by atoms with Crippen molar-refractivity contribution in [3.8, 4) is 6.01 Å². The Morgan fingerprint density at radius 2 is 1.87 bits per heavy atom. The van der Waals surface area contributed by atoms with Gasteiger partial charge in [0, 0.05) is 45.1 Å². The molecule has 0 aliphatic carbocycles. The molecule has 8 heteroatoms. The molecule has 1 atom stereocenters. The summed E-state index contributed by atoms with van der Waals surface area (Å²) in [5, 5.41) is 0. The van der Waals surface area contributed by atoms with E-state index in [9.17, 15) is 4.79 Å². The highest BCUT2D eigenvalue weighted by molar-refractivity contribution is 9.10. The Morgan fingerprint density at radius 1 is 1.17 bits per heavy atom. The van der Waals surface area contributed by atoms with Crippen molar-refractivity contribution in [2.24, 2.45) is 0 Å². The number of amides is 2. The highest BCUT2D eigenvalue weighted by atomic mass is 79.9. The number of carbonyl (C=O) groups excluding carboxylic acids is 1. The van der Waals surface area contributed by atoms with E-state index >= 15 is 0 Å². The highest BCUT2D eigenvalue weighted by Gasteiger charge is 2.29. The minimum Gasteiger partial charge on any atom is -0.458 e. The third-order valence-electron chi connectivity index (χ3n) is 4.29. The molecule has 3 heterocycles. The average molecular weight is 384 g/mol. The maximum Gasteiger partial charge on any atom is 0.320 e. The zero-order valence-corrected chi connectivity index (χ0v) is 14.9. The molecule has 2 saturated heterocycles. The number of nitrogens with zero attached hydrogens (tertiary/aromatic N) is 5. The van der Waals surface area contributed by atoms with Gasteiger partial charge in [0.15, 0.2) is 0 Å². The predicted molar refractivity (Wildman–Crippen MR) is 89.4 cm³/mol. The lowest BCUT2D eigenvalue weighted by atomic mass is 10.1. The van der Waals surface area contributed by atoms with Crippen molar-refractivity contribution >= 4 is 22.0 Å². The molecule has 7 nitrogen and oxygen atoms in total. The van der Waals surface area contributed by atoms with Gasteiger partial charge in [0.05, 0.1) is 11.0 Å². The number of aromatic nitrogens is 2. The molecule has 1 aromatic heterocycles. The largest absolute Gasteiger partial charge is 0.458 e. The molecular formula is C15H22BrN5O2. The molecule has 126 valence electrons. The quantitative estimate of drug-likeness (QED) is 0.773. The summed E-state index contributed by atoms with van der Waals surface area (Å²) in [4.78, 5) is 27.0. The molecule has 1 unspecified atom stereocenters. The van der Waals surface area contributed by atoms with Gasteiger partial charge in [0.25, 0.3) is 0 Å². The minimum atomic E-state index is -0.0404. The summed E-state index contributed by atoms with van der Waals surface area (Å²) in [5.74, 6) is 0. The van der Waals surface area contributed by atoms with Gasteiger partial charge in [0.2, 0.25) is 0 Å². The summed E-state index contributed by atoms with van der Waals surface area (Å²) in [5.41, 5.74) is 0. The van der Waals surface area contributed by atoms with Gasteiger partial charge in [-0.05, 0) is 35.8 Å². The second-order valence-corrected chi connectivity index (χ2v) is 7.00. The molecule has 0 bridgehead atoms. The lowest BCUT2D eigenvalue weighted by molar-refractivity contribution is 0.0707. The molecule has 2 aliphatic heterocycles. The standard InChI is InChI=1S/C15H22BrN5O2/c1-19-5-7-20(8-6-19)15(22)21-4-2-3-13(11-21)23-14-17-9-12(16)10-18-14/h9-10,13H,2-8,11H2,1H3. The third kappa shape index (κ3) is 4.32. The van der Waals surface area contributed by atoms with Gasteiger partial charge < -0.3 is 19.4 Å². The lowest BCUT2D eigenvalue weighted by Crippen LogP contribution is -2.54. The Kier molecular flexibility index (Phi) is 5.32. The normalized spacial score (nSPS) is 23.0. The smallest absolute Gasteiger partial charge is 0.320 e. The van der Waals surface area contributed by atoms with Crippen molar-refractivity contribution in [1.29, 1.82) is 0 Å². The second-order valence-electron chi connectivity index (χ2n) is 6.08. The fourth-order valence-corrected chi connectivity index (χ4v) is 3.12. The molecular weight excluding hydrogens is 362 g/mol. The SMILES string of the molecule is CN1CCN(C(=O)N2CCCC(Oc3ncc(Br)cn3)C2)CC1. The number of carbonyl (C=O) groups is 1. The number of likely N-dealkylation sites (N-methyl/N-ethyl adjacent to an activating group) is 1. The monoisotopic (exact) mass is 383 g/mol. The van der Waals surface area contributed by atoms with Gasteiger partial charge in [0.1, 0.15) is 6.10 Å². The van der Waals surface area contributed by atoms with Crippen LogP contribution in [0.15, 0.2) is 16.9 Å². The van der Waals surface area contributed by atoms with E-state index in [-0.39, 0.29) is 12.1 Å². The highest BCUT2D eigenvalue weighted by Crippen LogP contribution is 2.18. The first-order valence-electron chi connectivity index (χ1n) is 7.98. The maximum absolute atomic E-state index is 12.6. The van der Waals surface area contributed by atoms with E-state index in [4.69, 9.17) is 4.74 Å². The van der Waals surface area contributed by atoms with Crippen molar-refractivity contribution in [3.05, 3.63) is 16.9 Å². The van der Waals surface area contributed by atoms with Crippen LogP contribution in [0.25, 0.3) is 0 Å². The minimum absolute atomic E-state index is 0.0404. The number of halogens is 1. The summed E-state index contributed by atoms with van der Waals surface area (Å²) in [6, 6.07) is 0.496. The van der Waals surface area contributed by atoms with Gasteiger partial charge in [-0.25, -0.2) is 14.8 Å². The molecule has 0 radical (unpaired) electrons. The number of ether oxygens (including phenoxy) is 1. The molecule has 23 heavy (non-hydrogen) atoms. The zero-order chi connectivity index (χ0) is 16.2. The Morgan fingerprint density at radius 3 is 2.57 bits per heavy atom. The van der Waals surface area contributed by atoms with Crippen LogP contribution in [0.1, 0.15) is 12.8 Å². The van der Waals surface area contributed by atoms with Crippen LogP contribution in [-0.4, -0.2) is 83.1 Å².